The fraction of sp³-hybridized carbons (Fsp3) is 0.379. The van der Waals surface area contributed by atoms with Gasteiger partial charge in [-0.3, -0.25) is 19.3 Å². The van der Waals surface area contributed by atoms with Gasteiger partial charge in [0.2, 0.25) is 17.7 Å². The van der Waals surface area contributed by atoms with Gasteiger partial charge in [-0.2, -0.15) is 0 Å². The van der Waals surface area contributed by atoms with E-state index in [0.29, 0.717) is 23.5 Å². The molecular weight excluding hydrogens is 519 g/mol. The van der Waals surface area contributed by atoms with Crippen molar-refractivity contribution >= 4 is 29.2 Å². The molecule has 0 bridgehead atoms. The molecule has 0 saturated heterocycles. The molecule has 3 amide bonds. The van der Waals surface area contributed by atoms with Crippen molar-refractivity contribution in [3.05, 3.63) is 65.7 Å². The highest BCUT2D eigenvalue weighted by Crippen LogP contribution is 2.39. The lowest BCUT2D eigenvalue weighted by Crippen LogP contribution is -2.50. The van der Waals surface area contributed by atoms with Gasteiger partial charge in [-0.05, 0) is 57.5 Å². The average molecular weight is 555 g/mol. The predicted octanol–water partition coefficient (Wildman–Crippen LogP) is 4.94. The summed E-state index contributed by atoms with van der Waals surface area (Å²) in [6, 6.07) is 10.5. The van der Waals surface area contributed by atoms with Gasteiger partial charge >= 0.3 is 0 Å². The van der Waals surface area contributed by atoms with E-state index in [4.69, 9.17) is 14.0 Å². The topological polar surface area (TPSA) is 123 Å². The summed E-state index contributed by atoms with van der Waals surface area (Å²) < 4.78 is 29.9. The van der Waals surface area contributed by atoms with Crippen molar-refractivity contribution in [1.29, 1.82) is 0 Å². The number of aryl methyl sites for hydroxylation is 1. The third kappa shape index (κ3) is 7.37. The monoisotopic (exact) mass is 554 g/mol. The number of rotatable bonds is 12. The Bertz CT molecular complexity index is 1340. The molecule has 11 heteroatoms. The minimum absolute atomic E-state index is 0.202. The van der Waals surface area contributed by atoms with Crippen LogP contribution in [0.3, 0.4) is 0 Å². The van der Waals surface area contributed by atoms with Crippen molar-refractivity contribution in [3.63, 3.8) is 0 Å². The van der Waals surface area contributed by atoms with E-state index in [1.54, 1.807) is 31.2 Å². The van der Waals surface area contributed by atoms with E-state index in [9.17, 15) is 18.8 Å². The number of ether oxygens (including phenoxy) is 2. The van der Waals surface area contributed by atoms with Gasteiger partial charge < -0.3 is 24.6 Å². The average Bonchev–Trinajstić information content (AvgIpc) is 3.34. The van der Waals surface area contributed by atoms with E-state index in [2.05, 4.69) is 15.8 Å². The second-order valence-electron chi connectivity index (χ2n) is 9.82. The largest absolute Gasteiger partial charge is 0.493 e. The molecule has 0 aliphatic rings. The minimum Gasteiger partial charge on any atom is -0.493 e. The first kappa shape index (κ1) is 30.1. The van der Waals surface area contributed by atoms with Gasteiger partial charge in [0.1, 0.15) is 17.6 Å². The summed E-state index contributed by atoms with van der Waals surface area (Å²) in [5, 5.41) is 9.31. The summed E-state index contributed by atoms with van der Waals surface area (Å²) in [5.41, 5.74) is 0.0129. The lowest BCUT2D eigenvalue weighted by molar-refractivity contribution is -0.128. The Balaban J connectivity index is 2.06. The predicted molar refractivity (Wildman–Crippen MR) is 148 cm³/mol. The molecule has 2 aromatic carbocycles. The number of nitrogens with one attached hydrogen (secondary N) is 2. The smallest absolute Gasteiger partial charge is 0.248 e. The number of hydrogen-bond donors (Lipinski definition) is 2. The Morgan fingerprint density at radius 2 is 1.77 bits per heavy atom. The van der Waals surface area contributed by atoms with E-state index in [1.165, 1.54) is 43.4 Å². The highest BCUT2D eigenvalue weighted by Gasteiger charge is 2.37. The molecule has 214 valence electrons. The molecule has 3 rings (SSSR count). The number of aromatic nitrogens is 1. The first-order valence-corrected chi connectivity index (χ1v) is 12.8. The molecule has 0 saturated carbocycles. The van der Waals surface area contributed by atoms with Gasteiger partial charge in [0.15, 0.2) is 17.3 Å². The standard InChI is InChI=1S/C29H35FN4O6/c1-7-29(3,4)32-28(37)26(21-9-8-10-22(38-5)27(21)39-6)34(20-13-11-19(30)12-14-20)25(36)16-15-24(35)31-23-17-18(2)40-33-23/h8-14,17,26H,7,15-16H2,1-6H3,(H,32,37)(H,31,33,35)/t26-/m0/s1. The van der Waals surface area contributed by atoms with Crippen LogP contribution in [0.4, 0.5) is 15.9 Å². The minimum atomic E-state index is -1.24. The Labute approximate surface area is 232 Å². The van der Waals surface area contributed by atoms with Crippen molar-refractivity contribution in [2.45, 2.75) is 58.5 Å². The van der Waals surface area contributed by atoms with Gasteiger partial charge in [0.05, 0.1) is 14.2 Å². The Hall–Kier alpha value is -4.41. The number of carbonyl (C=O) groups excluding carboxylic acids is 3. The lowest BCUT2D eigenvalue weighted by Gasteiger charge is -2.35. The van der Waals surface area contributed by atoms with Crippen LogP contribution in [0.15, 0.2) is 53.1 Å². The number of amides is 3. The maximum atomic E-state index is 14.0. The Morgan fingerprint density at radius 3 is 2.35 bits per heavy atom. The second kappa shape index (κ2) is 13.1. The third-order valence-electron chi connectivity index (χ3n) is 6.41. The van der Waals surface area contributed by atoms with Crippen LogP contribution >= 0.6 is 0 Å². The van der Waals surface area contributed by atoms with E-state index in [-0.39, 0.29) is 30.1 Å². The Morgan fingerprint density at radius 1 is 1.07 bits per heavy atom. The molecule has 0 fully saturated rings. The number of carbonyl (C=O) groups is 3. The maximum Gasteiger partial charge on any atom is 0.248 e. The van der Waals surface area contributed by atoms with Crippen molar-refractivity contribution in [2.75, 3.05) is 24.4 Å². The Kier molecular flexibility index (Phi) is 9.87. The first-order valence-electron chi connectivity index (χ1n) is 12.8. The number of anilines is 2. The van der Waals surface area contributed by atoms with E-state index < -0.39 is 35.1 Å². The second-order valence-corrected chi connectivity index (χ2v) is 9.82. The van der Waals surface area contributed by atoms with Gasteiger partial charge in [0.25, 0.3) is 0 Å². The van der Waals surface area contributed by atoms with E-state index >= 15 is 0 Å². The zero-order chi connectivity index (χ0) is 29.4. The number of methoxy groups -OCH3 is 2. The van der Waals surface area contributed by atoms with Crippen LogP contribution in [0.2, 0.25) is 0 Å². The summed E-state index contributed by atoms with van der Waals surface area (Å²) in [6.07, 6.45) is 0.159. The molecule has 0 aliphatic carbocycles. The van der Waals surface area contributed by atoms with Crippen LogP contribution in [0.1, 0.15) is 57.4 Å². The van der Waals surface area contributed by atoms with Crippen LogP contribution in [-0.4, -0.2) is 42.6 Å². The zero-order valence-electron chi connectivity index (χ0n) is 23.5. The van der Waals surface area contributed by atoms with Crippen LogP contribution in [0, 0.1) is 12.7 Å². The molecule has 0 aliphatic heterocycles. The molecular formula is C29H35FN4O6. The van der Waals surface area contributed by atoms with Crippen molar-refractivity contribution in [1.82, 2.24) is 10.5 Å². The quantitative estimate of drug-likeness (QED) is 0.325. The molecule has 0 spiro atoms. The molecule has 0 unspecified atom stereocenters. The summed E-state index contributed by atoms with van der Waals surface area (Å²) >= 11 is 0. The normalized spacial score (nSPS) is 11.9. The lowest BCUT2D eigenvalue weighted by atomic mass is 9.97. The highest BCUT2D eigenvalue weighted by molar-refractivity contribution is 6.03. The van der Waals surface area contributed by atoms with Gasteiger partial charge in [-0.15, -0.1) is 0 Å². The van der Waals surface area contributed by atoms with Crippen molar-refractivity contribution in [3.8, 4) is 11.5 Å². The molecule has 40 heavy (non-hydrogen) atoms. The van der Waals surface area contributed by atoms with Crippen LogP contribution in [-0.2, 0) is 14.4 Å². The van der Waals surface area contributed by atoms with E-state index in [1.807, 2.05) is 20.8 Å². The summed E-state index contributed by atoms with van der Waals surface area (Å²) in [5.74, 6) is -0.635. The van der Waals surface area contributed by atoms with Crippen LogP contribution in [0.25, 0.3) is 0 Å². The summed E-state index contributed by atoms with van der Waals surface area (Å²) in [6.45, 7) is 7.35. The molecule has 10 nitrogen and oxygen atoms in total. The number of nitrogens with zero attached hydrogens (tertiary/aromatic N) is 2. The molecule has 0 radical (unpaired) electrons. The van der Waals surface area contributed by atoms with E-state index in [0.717, 1.165) is 0 Å². The summed E-state index contributed by atoms with van der Waals surface area (Å²) in [7, 11) is 2.90. The number of halogens is 1. The van der Waals surface area contributed by atoms with Gasteiger partial charge in [0, 0.05) is 35.7 Å². The zero-order valence-corrected chi connectivity index (χ0v) is 23.5. The fourth-order valence-electron chi connectivity index (χ4n) is 4.03. The molecule has 3 aromatic rings. The fourth-order valence-corrected chi connectivity index (χ4v) is 4.03. The first-order chi connectivity index (χ1) is 19.0. The number of hydrogen-bond acceptors (Lipinski definition) is 7. The molecule has 1 heterocycles. The van der Waals surface area contributed by atoms with Gasteiger partial charge in [-0.25, -0.2) is 4.39 Å². The van der Waals surface area contributed by atoms with Crippen LogP contribution < -0.4 is 25.0 Å². The SMILES string of the molecule is CCC(C)(C)NC(=O)[C@H](c1cccc(OC)c1OC)N(C(=O)CCC(=O)Nc1cc(C)on1)c1ccc(F)cc1. The van der Waals surface area contributed by atoms with Crippen molar-refractivity contribution in [2.24, 2.45) is 0 Å². The van der Waals surface area contributed by atoms with Gasteiger partial charge in [-0.1, -0.05) is 24.2 Å². The number of benzene rings is 2. The van der Waals surface area contributed by atoms with Crippen molar-refractivity contribution < 1.29 is 32.8 Å². The number of para-hydroxylation sites is 1. The summed E-state index contributed by atoms with van der Waals surface area (Å²) in [4.78, 5) is 41.7. The highest BCUT2D eigenvalue weighted by atomic mass is 19.1. The molecule has 1 atom stereocenters. The maximum absolute atomic E-state index is 14.0. The third-order valence-corrected chi connectivity index (χ3v) is 6.41. The molecule has 1 aromatic heterocycles. The van der Waals surface area contributed by atoms with Crippen LogP contribution in [0.5, 0.6) is 11.5 Å². The molecule has 2 N–H and O–H groups in total.